The summed E-state index contributed by atoms with van der Waals surface area (Å²) in [7, 11) is 0. The molecule has 5 nitrogen and oxygen atoms in total. The van der Waals surface area contributed by atoms with E-state index in [1.165, 1.54) is 0 Å². The van der Waals surface area contributed by atoms with Crippen molar-refractivity contribution in [2.75, 3.05) is 0 Å². The first-order valence-corrected chi connectivity index (χ1v) is 6.08. The maximum atomic E-state index is 11.1. The van der Waals surface area contributed by atoms with E-state index in [9.17, 15) is 14.7 Å². The van der Waals surface area contributed by atoms with Crippen LogP contribution < -0.4 is 0 Å². The summed E-state index contributed by atoms with van der Waals surface area (Å²) < 4.78 is 0. The molecule has 0 rings (SSSR count). The van der Waals surface area contributed by atoms with E-state index in [0.29, 0.717) is 12.8 Å². The predicted molar refractivity (Wildman–Crippen MR) is 62.8 cm³/mol. The van der Waals surface area contributed by atoms with Crippen LogP contribution in [-0.4, -0.2) is 32.9 Å². The second-order valence-electron chi connectivity index (χ2n) is 4.37. The topological polar surface area (TPSA) is 94.8 Å². The number of aliphatic carboxylic acids is 2. The Balaban J connectivity index is 4.93. The Morgan fingerprint density at radius 1 is 1.12 bits per heavy atom. The third-order valence-corrected chi connectivity index (χ3v) is 3.00. The fourth-order valence-corrected chi connectivity index (χ4v) is 1.85. The van der Waals surface area contributed by atoms with Crippen molar-refractivity contribution in [2.45, 2.75) is 58.0 Å². The van der Waals surface area contributed by atoms with Crippen molar-refractivity contribution in [2.24, 2.45) is 5.92 Å². The van der Waals surface area contributed by atoms with Crippen LogP contribution in [0.1, 0.15) is 52.4 Å². The Hall–Kier alpha value is -1.10. The zero-order valence-electron chi connectivity index (χ0n) is 10.5. The van der Waals surface area contributed by atoms with Crippen molar-refractivity contribution < 1.29 is 24.9 Å². The average Bonchev–Trinajstić information content (AvgIpc) is 2.26. The zero-order valence-corrected chi connectivity index (χ0v) is 10.5. The van der Waals surface area contributed by atoms with Crippen molar-refractivity contribution in [1.82, 2.24) is 0 Å². The standard InChI is InChI=1S/C12H22O5/c1-3-5-7-9(10(13)14)12(17,11(15)16)8-6-4-2/h9,17H,3-8H2,1-2H3,(H,13,14)(H,15,16). The minimum absolute atomic E-state index is 0.0144. The van der Waals surface area contributed by atoms with Gasteiger partial charge < -0.3 is 15.3 Å². The van der Waals surface area contributed by atoms with Gasteiger partial charge in [0.25, 0.3) is 0 Å². The van der Waals surface area contributed by atoms with Gasteiger partial charge in [0.2, 0.25) is 0 Å². The zero-order chi connectivity index (χ0) is 13.5. The normalized spacial score (nSPS) is 16.2. The molecular formula is C12H22O5. The molecule has 0 heterocycles. The molecule has 0 saturated heterocycles. The molecule has 0 aliphatic rings. The molecule has 5 heteroatoms. The second-order valence-corrected chi connectivity index (χ2v) is 4.37. The summed E-state index contributed by atoms with van der Waals surface area (Å²) in [5, 5.41) is 28.2. The molecule has 17 heavy (non-hydrogen) atoms. The van der Waals surface area contributed by atoms with E-state index >= 15 is 0 Å². The third kappa shape index (κ3) is 4.34. The van der Waals surface area contributed by atoms with E-state index < -0.39 is 23.5 Å². The molecule has 0 aromatic rings. The summed E-state index contributed by atoms with van der Waals surface area (Å²) in [6, 6.07) is 0. The van der Waals surface area contributed by atoms with Gasteiger partial charge in [-0.05, 0) is 12.8 Å². The van der Waals surface area contributed by atoms with Crippen molar-refractivity contribution >= 4 is 11.9 Å². The first-order chi connectivity index (χ1) is 7.90. The molecule has 0 radical (unpaired) electrons. The van der Waals surface area contributed by atoms with Crippen LogP contribution in [-0.2, 0) is 9.59 Å². The third-order valence-electron chi connectivity index (χ3n) is 3.00. The Morgan fingerprint density at radius 3 is 2.00 bits per heavy atom. The van der Waals surface area contributed by atoms with Crippen LogP contribution in [0.15, 0.2) is 0 Å². The van der Waals surface area contributed by atoms with E-state index in [1.807, 2.05) is 13.8 Å². The minimum atomic E-state index is -2.14. The number of rotatable bonds is 9. The van der Waals surface area contributed by atoms with E-state index in [0.717, 1.165) is 12.8 Å². The Kier molecular flexibility index (Phi) is 6.80. The molecule has 0 amide bonds. The van der Waals surface area contributed by atoms with Gasteiger partial charge in [0.1, 0.15) is 0 Å². The molecule has 0 aromatic carbocycles. The van der Waals surface area contributed by atoms with Crippen LogP contribution in [0.3, 0.4) is 0 Å². The summed E-state index contributed by atoms with van der Waals surface area (Å²) in [5.74, 6) is -3.90. The molecular weight excluding hydrogens is 224 g/mol. The van der Waals surface area contributed by atoms with Gasteiger partial charge in [-0.15, -0.1) is 0 Å². The van der Waals surface area contributed by atoms with Crippen LogP contribution in [0.25, 0.3) is 0 Å². The van der Waals surface area contributed by atoms with Gasteiger partial charge in [-0.25, -0.2) is 4.79 Å². The summed E-state index contributed by atoms with van der Waals surface area (Å²) >= 11 is 0. The lowest BCUT2D eigenvalue weighted by Gasteiger charge is -2.29. The number of carboxylic acid groups (broad SMARTS) is 2. The summed E-state index contributed by atoms with van der Waals surface area (Å²) in [6.45, 7) is 3.76. The van der Waals surface area contributed by atoms with E-state index in [2.05, 4.69) is 0 Å². The lowest BCUT2D eigenvalue weighted by molar-refractivity contribution is -0.176. The fraction of sp³-hybridized carbons (Fsp3) is 0.833. The van der Waals surface area contributed by atoms with Gasteiger partial charge in [0.15, 0.2) is 5.60 Å². The Bertz CT molecular complexity index is 264. The molecule has 0 spiro atoms. The summed E-state index contributed by atoms with van der Waals surface area (Å²) in [5.41, 5.74) is -2.14. The molecule has 0 fully saturated rings. The highest BCUT2D eigenvalue weighted by molar-refractivity contribution is 5.85. The maximum absolute atomic E-state index is 11.1. The highest BCUT2D eigenvalue weighted by Crippen LogP contribution is 2.29. The monoisotopic (exact) mass is 246 g/mol. The molecule has 3 N–H and O–H groups in total. The molecule has 0 saturated carbocycles. The molecule has 0 aliphatic carbocycles. The van der Waals surface area contributed by atoms with Gasteiger partial charge in [-0.3, -0.25) is 4.79 Å². The largest absolute Gasteiger partial charge is 0.481 e. The highest BCUT2D eigenvalue weighted by Gasteiger charge is 2.47. The van der Waals surface area contributed by atoms with Crippen molar-refractivity contribution in [3.63, 3.8) is 0 Å². The fourth-order valence-electron chi connectivity index (χ4n) is 1.85. The molecule has 100 valence electrons. The number of aliphatic hydroxyl groups is 1. The van der Waals surface area contributed by atoms with Crippen LogP contribution in [0.5, 0.6) is 0 Å². The van der Waals surface area contributed by atoms with Crippen LogP contribution in [0.2, 0.25) is 0 Å². The van der Waals surface area contributed by atoms with Gasteiger partial charge in [0, 0.05) is 0 Å². The highest BCUT2D eigenvalue weighted by atomic mass is 16.4. The average molecular weight is 246 g/mol. The first-order valence-electron chi connectivity index (χ1n) is 6.08. The van der Waals surface area contributed by atoms with E-state index in [-0.39, 0.29) is 12.8 Å². The SMILES string of the molecule is CCCCC(C(=O)O)C(O)(CCCC)C(=O)O. The molecule has 2 atom stereocenters. The number of carbonyl (C=O) groups is 2. The van der Waals surface area contributed by atoms with E-state index in [4.69, 9.17) is 10.2 Å². The van der Waals surface area contributed by atoms with E-state index in [1.54, 1.807) is 0 Å². The predicted octanol–water partition coefficient (Wildman–Crippen LogP) is 1.88. The summed E-state index contributed by atoms with van der Waals surface area (Å²) in [4.78, 5) is 22.2. The Morgan fingerprint density at radius 2 is 1.65 bits per heavy atom. The van der Waals surface area contributed by atoms with Crippen LogP contribution in [0.4, 0.5) is 0 Å². The number of hydrogen-bond donors (Lipinski definition) is 3. The summed E-state index contributed by atoms with van der Waals surface area (Å²) in [6.07, 6.45) is 2.76. The lowest BCUT2D eigenvalue weighted by atomic mass is 9.80. The molecule has 0 aliphatic heterocycles. The van der Waals surface area contributed by atoms with Gasteiger partial charge in [-0.1, -0.05) is 39.5 Å². The number of carboxylic acids is 2. The number of unbranched alkanes of at least 4 members (excludes halogenated alkanes) is 2. The molecule has 0 bridgehead atoms. The molecule has 2 unspecified atom stereocenters. The van der Waals surface area contributed by atoms with Crippen molar-refractivity contribution in [3.05, 3.63) is 0 Å². The maximum Gasteiger partial charge on any atom is 0.336 e. The Labute approximate surface area is 101 Å². The second kappa shape index (κ2) is 7.27. The molecule has 0 aromatic heterocycles. The smallest absolute Gasteiger partial charge is 0.336 e. The van der Waals surface area contributed by atoms with Crippen LogP contribution in [0, 0.1) is 5.92 Å². The quantitative estimate of drug-likeness (QED) is 0.577. The minimum Gasteiger partial charge on any atom is -0.481 e. The van der Waals surface area contributed by atoms with Gasteiger partial charge in [-0.2, -0.15) is 0 Å². The van der Waals surface area contributed by atoms with Crippen molar-refractivity contribution in [1.29, 1.82) is 0 Å². The van der Waals surface area contributed by atoms with Crippen molar-refractivity contribution in [3.8, 4) is 0 Å². The van der Waals surface area contributed by atoms with Gasteiger partial charge in [0.05, 0.1) is 5.92 Å². The lowest BCUT2D eigenvalue weighted by Crippen LogP contribution is -2.49. The first kappa shape index (κ1) is 15.9. The number of hydrogen-bond acceptors (Lipinski definition) is 3. The van der Waals surface area contributed by atoms with Crippen LogP contribution >= 0.6 is 0 Å². The van der Waals surface area contributed by atoms with Gasteiger partial charge >= 0.3 is 11.9 Å².